The van der Waals surface area contributed by atoms with Gasteiger partial charge in [0.1, 0.15) is 5.15 Å². The highest BCUT2D eigenvalue weighted by atomic mass is 35.5. The number of Topliss-reactive ketones (excluding diaryl/α,β-unsaturated/α-hetero) is 1. The molecule has 0 amide bonds. The molecule has 0 fully saturated rings. The van der Waals surface area contributed by atoms with Crippen LogP contribution in [-0.2, 0) is 4.79 Å². The Morgan fingerprint density at radius 2 is 2.00 bits per heavy atom. The average molecular weight is 432 g/mol. The summed E-state index contributed by atoms with van der Waals surface area (Å²) in [5.41, 5.74) is 5.68. The van der Waals surface area contributed by atoms with Gasteiger partial charge >= 0.3 is 0 Å². The number of halogens is 1. The molecule has 3 aromatic rings. The number of ketones is 1. The van der Waals surface area contributed by atoms with Crippen LogP contribution in [0.5, 0.6) is 0 Å². The van der Waals surface area contributed by atoms with Crippen LogP contribution in [0.1, 0.15) is 36.4 Å². The number of benzene rings is 2. The normalized spacial score (nSPS) is 20.2. The van der Waals surface area contributed by atoms with E-state index in [2.05, 4.69) is 41.1 Å². The molecule has 148 valence electrons. The number of carbonyl (C=O) groups is 1. The van der Waals surface area contributed by atoms with Crippen LogP contribution < -0.4 is 4.90 Å². The predicted molar refractivity (Wildman–Crippen MR) is 122 cm³/mol. The van der Waals surface area contributed by atoms with Crippen LogP contribution in [0.25, 0.3) is 10.9 Å². The maximum absolute atomic E-state index is 13.1. The van der Waals surface area contributed by atoms with Crippen molar-refractivity contribution >= 4 is 50.9 Å². The number of thioether (sulfide) groups is 1. The molecule has 1 aliphatic carbocycles. The Labute approximate surface area is 183 Å². The summed E-state index contributed by atoms with van der Waals surface area (Å²) >= 11 is 8.41. The highest BCUT2D eigenvalue weighted by molar-refractivity contribution is 8.14. The fourth-order valence-electron chi connectivity index (χ4n) is 4.59. The number of anilines is 1. The topological polar surface area (TPSA) is 45.6 Å². The summed E-state index contributed by atoms with van der Waals surface area (Å²) in [5, 5.41) is 2.37. The van der Waals surface area contributed by atoms with Gasteiger partial charge in [-0.3, -0.25) is 4.79 Å². The molecule has 30 heavy (non-hydrogen) atoms. The number of carbonyl (C=O) groups excluding carboxylic acids is 1. The van der Waals surface area contributed by atoms with Gasteiger partial charge in [0.15, 0.2) is 11.0 Å². The van der Waals surface area contributed by atoms with E-state index in [0.29, 0.717) is 11.6 Å². The molecular weight excluding hydrogens is 414 g/mol. The fraction of sp³-hybridized carbons (Fsp3) is 0.208. The van der Waals surface area contributed by atoms with E-state index in [1.807, 2.05) is 24.3 Å². The first-order valence-electron chi connectivity index (χ1n) is 10.1. The van der Waals surface area contributed by atoms with Crippen molar-refractivity contribution in [1.82, 2.24) is 4.98 Å². The minimum atomic E-state index is -0.304. The number of amidine groups is 1. The van der Waals surface area contributed by atoms with E-state index in [9.17, 15) is 4.79 Å². The molecule has 0 N–H and O–H groups in total. The lowest BCUT2D eigenvalue weighted by Gasteiger charge is -2.37. The molecule has 1 unspecified atom stereocenters. The van der Waals surface area contributed by atoms with Gasteiger partial charge in [0.25, 0.3) is 0 Å². The zero-order valence-corrected chi connectivity index (χ0v) is 17.9. The lowest BCUT2D eigenvalue weighted by atomic mass is 9.85. The Bertz CT molecular complexity index is 1310. The van der Waals surface area contributed by atoms with Crippen LogP contribution in [0.4, 0.5) is 5.69 Å². The Kier molecular flexibility index (Phi) is 4.05. The number of para-hydroxylation sites is 1. The van der Waals surface area contributed by atoms with Crippen LogP contribution in [0, 0.1) is 6.92 Å². The smallest absolute Gasteiger partial charge is 0.174 e. The summed E-state index contributed by atoms with van der Waals surface area (Å²) in [6.07, 6.45) is 2.23. The lowest BCUT2D eigenvalue weighted by Crippen LogP contribution is -2.38. The van der Waals surface area contributed by atoms with E-state index in [-0.39, 0.29) is 11.8 Å². The van der Waals surface area contributed by atoms with Gasteiger partial charge in [-0.25, -0.2) is 9.98 Å². The zero-order valence-electron chi connectivity index (χ0n) is 16.4. The summed E-state index contributed by atoms with van der Waals surface area (Å²) in [6.45, 7) is 2.09. The number of pyridine rings is 1. The van der Waals surface area contributed by atoms with Crippen LogP contribution in [-0.4, -0.2) is 15.9 Å². The summed E-state index contributed by atoms with van der Waals surface area (Å²) < 4.78 is 0. The van der Waals surface area contributed by atoms with Gasteiger partial charge in [-0.15, -0.1) is 0 Å². The highest BCUT2D eigenvalue weighted by Gasteiger charge is 2.43. The van der Waals surface area contributed by atoms with Crippen molar-refractivity contribution in [3.63, 3.8) is 0 Å². The number of aromatic nitrogens is 1. The monoisotopic (exact) mass is 431 g/mol. The quantitative estimate of drug-likeness (QED) is 0.428. The van der Waals surface area contributed by atoms with E-state index in [1.165, 1.54) is 5.56 Å². The largest absolute Gasteiger partial charge is 0.308 e. The van der Waals surface area contributed by atoms with Crippen molar-refractivity contribution < 1.29 is 4.79 Å². The van der Waals surface area contributed by atoms with E-state index in [0.717, 1.165) is 56.3 Å². The summed E-state index contributed by atoms with van der Waals surface area (Å²) in [5.74, 6) is 0.166. The summed E-state index contributed by atoms with van der Waals surface area (Å²) in [7, 11) is 0. The maximum Gasteiger partial charge on any atom is 0.174 e. The van der Waals surface area contributed by atoms with Crippen molar-refractivity contribution in [2.45, 2.75) is 37.1 Å². The van der Waals surface area contributed by atoms with Gasteiger partial charge in [-0.1, -0.05) is 35.9 Å². The standard InChI is InChI=1S/C24H18ClN3OS/c1-13-9-10-18-20(11-13)30-24-27-17-7-4-8-19(29)21(17)22(28(18)24)15-12-14-5-2-3-6-16(14)26-23(15)25/h2-3,5-6,9-12,22H,4,7-8H2,1H3. The predicted octanol–water partition coefficient (Wildman–Crippen LogP) is 6.23. The van der Waals surface area contributed by atoms with Gasteiger partial charge in [-0.2, -0.15) is 0 Å². The van der Waals surface area contributed by atoms with E-state index < -0.39 is 0 Å². The third kappa shape index (κ3) is 2.65. The van der Waals surface area contributed by atoms with Crippen molar-refractivity contribution in [1.29, 1.82) is 0 Å². The molecular formula is C24H18ClN3OS. The number of allylic oxidation sites excluding steroid dienone is 1. The van der Waals surface area contributed by atoms with Crippen molar-refractivity contribution in [2.24, 2.45) is 4.99 Å². The minimum Gasteiger partial charge on any atom is -0.308 e. The highest BCUT2D eigenvalue weighted by Crippen LogP contribution is 2.52. The molecule has 1 aromatic heterocycles. The molecule has 2 aliphatic heterocycles. The molecule has 0 saturated carbocycles. The number of hydrogen-bond acceptors (Lipinski definition) is 5. The molecule has 0 spiro atoms. The number of fused-ring (bicyclic) bond motifs is 4. The van der Waals surface area contributed by atoms with Gasteiger partial charge in [0.05, 0.1) is 22.9 Å². The Morgan fingerprint density at radius 1 is 1.13 bits per heavy atom. The second-order valence-corrected chi connectivity index (χ2v) is 9.31. The molecule has 0 radical (unpaired) electrons. The summed E-state index contributed by atoms with van der Waals surface area (Å²) in [6, 6.07) is 16.1. The molecule has 6 heteroatoms. The second kappa shape index (κ2) is 6.69. The van der Waals surface area contributed by atoms with E-state index >= 15 is 0 Å². The van der Waals surface area contributed by atoms with E-state index in [1.54, 1.807) is 11.8 Å². The fourth-order valence-corrected chi connectivity index (χ4v) is 6.01. The van der Waals surface area contributed by atoms with Crippen molar-refractivity contribution in [2.75, 3.05) is 4.90 Å². The van der Waals surface area contributed by atoms with Crippen LogP contribution in [0.3, 0.4) is 0 Å². The Morgan fingerprint density at radius 3 is 2.90 bits per heavy atom. The number of aliphatic imine (C=N–C) groups is 1. The molecule has 3 aliphatic rings. The number of nitrogens with zero attached hydrogens (tertiary/aromatic N) is 3. The van der Waals surface area contributed by atoms with Gasteiger partial charge < -0.3 is 4.90 Å². The number of hydrogen-bond donors (Lipinski definition) is 0. The first kappa shape index (κ1) is 18.2. The lowest BCUT2D eigenvalue weighted by molar-refractivity contribution is -0.116. The number of aryl methyl sites for hydroxylation is 1. The third-order valence-corrected chi connectivity index (χ3v) is 7.29. The molecule has 3 heterocycles. The Hall–Kier alpha value is -2.63. The minimum absolute atomic E-state index is 0.166. The molecule has 0 bridgehead atoms. The SMILES string of the molecule is Cc1ccc2c(c1)SC1=NC3=C(C(=O)CCC3)C(c3cc4ccccc4nc3Cl)N12. The average Bonchev–Trinajstić information content (AvgIpc) is 3.09. The third-order valence-electron chi connectivity index (χ3n) is 5.97. The van der Waals surface area contributed by atoms with Crippen LogP contribution >= 0.6 is 23.4 Å². The second-order valence-electron chi connectivity index (χ2n) is 7.94. The van der Waals surface area contributed by atoms with Crippen LogP contribution in [0.2, 0.25) is 5.15 Å². The van der Waals surface area contributed by atoms with Crippen molar-refractivity contribution in [3.05, 3.63) is 76.1 Å². The molecule has 0 saturated heterocycles. The number of rotatable bonds is 1. The van der Waals surface area contributed by atoms with Gasteiger partial charge in [0.2, 0.25) is 0 Å². The van der Waals surface area contributed by atoms with Crippen LogP contribution in [0.15, 0.2) is 69.7 Å². The molecule has 2 aromatic carbocycles. The van der Waals surface area contributed by atoms with Gasteiger partial charge in [-0.05, 0) is 61.4 Å². The maximum atomic E-state index is 13.1. The molecule has 6 rings (SSSR count). The van der Waals surface area contributed by atoms with E-state index in [4.69, 9.17) is 16.6 Å². The van der Waals surface area contributed by atoms with Gasteiger partial charge in [0, 0.05) is 27.8 Å². The molecule has 1 atom stereocenters. The zero-order chi connectivity index (χ0) is 20.4. The van der Waals surface area contributed by atoms with Crippen molar-refractivity contribution in [3.8, 4) is 0 Å². The first-order chi connectivity index (χ1) is 14.6. The summed E-state index contributed by atoms with van der Waals surface area (Å²) in [4.78, 5) is 26.0. The first-order valence-corrected chi connectivity index (χ1v) is 11.3. The Balaban J connectivity index is 1.62. The molecule has 4 nitrogen and oxygen atoms in total.